The Bertz CT molecular complexity index is 459. The van der Waals surface area contributed by atoms with E-state index in [9.17, 15) is 4.79 Å². The second-order valence-electron chi connectivity index (χ2n) is 4.76. The SMILES string of the molecule is COc1cc(/C=C/C(=O)OC(C)(C)C)ccc1Cl. The molecule has 0 heterocycles. The number of hydrogen-bond donors (Lipinski definition) is 0. The van der Waals surface area contributed by atoms with Crippen molar-refractivity contribution in [2.45, 2.75) is 26.4 Å². The van der Waals surface area contributed by atoms with Crippen LogP contribution in [0.25, 0.3) is 6.08 Å². The summed E-state index contributed by atoms with van der Waals surface area (Å²) in [6.45, 7) is 5.47. The average Bonchev–Trinajstić information content (AvgIpc) is 2.25. The molecule has 1 rings (SSSR count). The second kappa shape index (κ2) is 5.91. The number of carbonyl (C=O) groups excluding carboxylic acids is 1. The van der Waals surface area contributed by atoms with E-state index in [2.05, 4.69) is 0 Å². The molecular weight excluding hydrogens is 252 g/mol. The largest absolute Gasteiger partial charge is 0.495 e. The lowest BCUT2D eigenvalue weighted by atomic mass is 10.2. The fourth-order valence-corrected chi connectivity index (χ4v) is 1.47. The maximum atomic E-state index is 11.5. The predicted octanol–water partition coefficient (Wildman–Crippen LogP) is 3.70. The van der Waals surface area contributed by atoms with Crippen LogP contribution in [-0.2, 0) is 9.53 Å². The van der Waals surface area contributed by atoms with Crippen molar-refractivity contribution in [3.05, 3.63) is 34.9 Å². The maximum Gasteiger partial charge on any atom is 0.331 e. The summed E-state index contributed by atoms with van der Waals surface area (Å²) in [5.41, 5.74) is 0.334. The molecule has 0 unspecified atom stereocenters. The van der Waals surface area contributed by atoms with Crippen LogP contribution in [0.2, 0.25) is 5.02 Å². The average molecular weight is 269 g/mol. The summed E-state index contributed by atoms with van der Waals surface area (Å²) in [6.07, 6.45) is 3.04. The van der Waals surface area contributed by atoms with Crippen molar-refractivity contribution in [1.82, 2.24) is 0 Å². The molecule has 0 bridgehead atoms. The van der Waals surface area contributed by atoms with E-state index in [1.807, 2.05) is 20.8 Å². The third-order valence-corrected chi connectivity index (χ3v) is 2.31. The molecule has 0 aliphatic carbocycles. The van der Waals surface area contributed by atoms with Crippen LogP contribution >= 0.6 is 11.6 Å². The standard InChI is InChI=1S/C14H17ClO3/c1-14(2,3)18-13(16)8-6-10-5-7-11(15)12(9-10)17-4/h5-9H,1-4H3/b8-6+. The van der Waals surface area contributed by atoms with E-state index in [1.54, 1.807) is 31.4 Å². The van der Waals surface area contributed by atoms with Gasteiger partial charge in [0.05, 0.1) is 12.1 Å². The second-order valence-corrected chi connectivity index (χ2v) is 5.17. The van der Waals surface area contributed by atoms with Gasteiger partial charge in [0.2, 0.25) is 0 Å². The minimum absolute atomic E-state index is 0.378. The molecule has 0 aliphatic rings. The zero-order valence-electron chi connectivity index (χ0n) is 11.0. The van der Waals surface area contributed by atoms with E-state index < -0.39 is 5.60 Å². The van der Waals surface area contributed by atoms with Gasteiger partial charge in [0.15, 0.2) is 0 Å². The Morgan fingerprint density at radius 1 is 1.33 bits per heavy atom. The van der Waals surface area contributed by atoms with Gasteiger partial charge < -0.3 is 9.47 Å². The van der Waals surface area contributed by atoms with Crippen molar-refractivity contribution >= 4 is 23.6 Å². The van der Waals surface area contributed by atoms with Crippen molar-refractivity contribution in [3.63, 3.8) is 0 Å². The molecule has 98 valence electrons. The summed E-state index contributed by atoms with van der Waals surface area (Å²) in [7, 11) is 1.54. The van der Waals surface area contributed by atoms with Gasteiger partial charge in [-0.3, -0.25) is 0 Å². The third-order valence-electron chi connectivity index (χ3n) is 1.99. The van der Waals surface area contributed by atoms with Crippen LogP contribution < -0.4 is 4.74 Å². The van der Waals surface area contributed by atoms with Gasteiger partial charge in [0.25, 0.3) is 0 Å². The molecule has 0 N–H and O–H groups in total. The Hall–Kier alpha value is -1.48. The highest BCUT2D eigenvalue weighted by Gasteiger charge is 2.13. The highest BCUT2D eigenvalue weighted by atomic mass is 35.5. The first kappa shape index (κ1) is 14.6. The van der Waals surface area contributed by atoms with Crippen LogP contribution in [0.4, 0.5) is 0 Å². The molecule has 0 saturated heterocycles. The molecule has 3 nitrogen and oxygen atoms in total. The third kappa shape index (κ3) is 4.80. The molecule has 4 heteroatoms. The highest BCUT2D eigenvalue weighted by molar-refractivity contribution is 6.32. The summed E-state index contributed by atoms with van der Waals surface area (Å²) < 4.78 is 10.2. The van der Waals surface area contributed by atoms with Crippen LogP contribution in [0.1, 0.15) is 26.3 Å². The van der Waals surface area contributed by atoms with E-state index in [4.69, 9.17) is 21.1 Å². The Morgan fingerprint density at radius 3 is 2.56 bits per heavy atom. The van der Waals surface area contributed by atoms with Crippen molar-refractivity contribution < 1.29 is 14.3 Å². The number of halogens is 1. The van der Waals surface area contributed by atoms with Gasteiger partial charge in [-0.05, 0) is 44.5 Å². The first-order valence-corrected chi connectivity index (χ1v) is 5.94. The first-order valence-electron chi connectivity index (χ1n) is 5.56. The molecule has 0 aliphatic heterocycles. The number of hydrogen-bond acceptors (Lipinski definition) is 3. The van der Waals surface area contributed by atoms with Crippen molar-refractivity contribution in [2.75, 3.05) is 7.11 Å². The monoisotopic (exact) mass is 268 g/mol. The van der Waals surface area contributed by atoms with Crippen LogP contribution in [0.15, 0.2) is 24.3 Å². The van der Waals surface area contributed by atoms with Gasteiger partial charge in [-0.2, -0.15) is 0 Å². The molecule has 0 saturated carbocycles. The summed E-state index contributed by atoms with van der Waals surface area (Å²) in [5, 5.41) is 0.534. The molecule has 1 aromatic rings. The molecule has 18 heavy (non-hydrogen) atoms. The highest BCUT2D eigenvalue weighted by Crippen LogP contribution is 2.25. The molecule has 1 aromatic carbocycles. The van der Waals surface area contributed by atoms with Crippen LogP contribution in [0, 0.1) is 0 Å². The number of esters is 1. The van der Waals surface area contributed by atoms with Crippen LogP contribution in [-0.4, -0.2) is 18.7 Å². The Balaban J connectivity index is 2.76. The normalized spacial score (nSPS) is 11.6. The Kier molecular flexibility index (Phi) is 4.79. The van der Waals surface area contributed by atoms with Crippen molar-refractivity contribution in [1.29, 1.82) is 0 Å². The number of carbonyl (C=O) groups is 1. The van der Waals surface area contributed by atoms with Crippen LogP contribution in [0.3, 0.4) is 0 Å². The lowest BCUT2D eigenvalue weighted by Gasteiger charge is -2.17. The van der Waals surface area contributed by atoms with Gasteiger partial charge >= 0.3 is 5.97 Å². The van der Waals surface area contributed by atoms with E-state index in [0.29, 0.717) is 10.8 Å². The Morgan fingerprint density at radius 2 is 2.00 bits per heavy atom. The fraction of sp³-hybridized carbons (Fsp3) is 0.357. The van der Waals surface area contributed by atoms with Gasteiger partial charge in [-0.1, -0.05) is 17.7 Å². The maximum absolute atomic E-state index is 11.5. The zero-order chi connectivity index (χ0) is 13.8. The van der Waals surface area contributed by atoms with Crippen molar-refractivity contribution in [3.8, 4) is 5.75 Å². The van der Waals surface area contributed by atoms with E-state index in [1.165, 1.54) is 6.08 Å². The number of methoxy groups -OCH3 is 1. The molecular formula is C14H17ClO3. The topological polar surface area (TPSA) is 35.5 Å². The smallest absolute Gasteiger partial charge is 0.331 e. The number of rotatable bonds is 3. The summed E-state index contributed by atoms with van der Waals surface area (Å²) >= 11 is 5.91. The van der Waals surface area contributed by atoms with Gasteiger partial charge in [-0.15, -0.1) is 0 Å². The molecule has 0 amide bonds. The molecule has 0 aromatic heterocycles. The Labute approximate surface area is 112 Å². The molecule has 0 fully saturated rings. The molecule has 0 radical (unpaired) electrons. The lowest BCUT2D eigenvalue weighted by molar-refractivity contribution is -0.148. The minimum Gasteiger partial charge on any atom is -0.495 e. The quantitative estimate of drug-likeness (QED) is 0.619. The van der Waals surface area contributed by atoms with Gasteiger partial charge in [0.1, 0.15) is 11.4 Å². The van der Waals surface area contributed by atoms with E-state index in [-0.39, 0.29) is 5.97 Å². The van der Waals surface area contributed by atoms with Crippen LogP contribution in [0.5, 0.6) is 5.75 Å². The number of ether oxygens (including phenoxy) is 2. The first-order chi connectivity index (χ1) is 8.31. The number of benzene rings is 1. The van der Waals surface area contributed by atoms with E-state index in [0.717, 1.165) is 5.56 Å². The fourth-order valence-electron chi connectivity index (χ4n) is 1.28. The van der Waals surface area contributed by atoms with E-state index >= 15 is 0 Å². The molecule has 0 spiro atoms. The predicted molar refractivity (Wildman–Crippen MR) is 72.9 cm³/mol. The molecule has 0 atom stereocenters. The van der Waals surface area contributed by atoms with Crippen molar-refractivity contribution in [2.24, 2.45) is 0 Å². The zero-order valence-corrected chi connectivity index (χ0v) is 11.7. The summed E-state index contributed by atoms with van der Waals surface area (Å²) in [4.78, 5) is 11.5. The summed E-state index contributed by atoms with van der Waals surface area (Å²) in [5.74, 6) is 0.194. The van der Waals surface area contributed by atoms with Gasteiger partial charge in [-0.25, -0.2) is 4.79 Å². The summed E-state index contributed by atoms with van der Waals surface area (Å²) in [6, 6.07) is 5.27. The lowest BCUT2D eigenvalue weighted by Crippen LogP contribution is -2.22. The minimum atomic E-state index is -0.487. The van der Waals surface area contributed by atoms with Gasteiger partial charge in [0, 0.05) is 6.08 Å².